The van der Waals surface area contributed by atoms with E-state index in [4.69, 9.17) is 9.84 Å². The molecule has 0 unspecified atom stereocenters. The van der Waals surface area contributed by atoms with Crippen molar-refractivity contribution < 1.29 is 19.0 Å². The SMILES string of the molecule is COc1ccccc1NCc1cc(C(=O)O)ccc1F. The van der Waals surface area contributed by atoms with Crippen molar-refractivity contribution in [2.75, 3.05) is 12.4 Å². The van der Waals surface area contributed by atoms with Crippen LogP contribution in [-0.2, 0) is 6.54 Å². The van der Waals surface area contributed by atoms with Gasteiger partial charge in [-0.3, -0.25) is 0 Å². The third kappa shape index (κ3) is 3.06. The maximum Gasteiger partial charge on any atom is 0.335 e. The molecule has 2 rings (SSSR count). The van der Waals surface area contributed by atoms with Crippen molar-refractivity contribution in [2.45, 2.75) is 6.54 Å². The fraction of sp³-hybridized carbons (Fsp3) is 0.133. The zero-order valence-corrected chi connectivity index (χ0v) is 10.9. The van der Waals surface area contributed by atoms with Crippen molar-refractivity contribution >= 4 is 11.7 Å². The van der Waals surface area contributed by atoms with Crippen molar-refractivity contribution in [3.63, 3.8) is 0 Å². The normalized spacial score (nSPS) is 10.1. The summed E-state index contributed by atoms with van der Waals surface area (Å²) < 4.78 is 18.8. The average molecular weight is 275 g/mol. The monoisotopic (exact) mass is 275 g/mol. The first-order valence-electron chi connectivity index (χ1n) is 6.00. The molecule has 5 heteroatoms. The Hall–Kier alpha value is -2.56. The van der Waals surface area contributed by atoms with Crippen LogP contribution in [0.4, 0.5) is 10.1 Å². The third-order valence-electron chi connectivity index (χ3n) is 2.87. The number of methoxy groups -OCH3 is 1. The topological polar surface area (TPSA) is 58.6 Å². The first-order valence-corrected chi connectivity index (χ1v) is 6.00. The van der Waals surface area contributed by atoms with Gasteiger partial charge in [-0.25, -0.2) is 9.18 Å². The van der Waals surface area contributed by atoms with Gasteiger partial charge in [0.2, 0.25) is 0 Å². The van der Waals surface area contributed by atoms with Crippen LogP contribution in [0.3, 0.4) is 0 Å². The second kappa shape index (κ2) is 6.06. The summed E-state index contributed by atoms with van der Waals surface area (Å²) in [6.07, 6.45) is 0. The molecule has 0 radical (unpaired) electrons. The molecule has 0 aliphatic heterocycles. The van der Waals surface area contributed by atoms with Gasteiger partial charge in [0.25, 0.3) is 0 Å². The minimum atomic E-state index is -1.08. The summed E-state index contributed by atoms with van der Waals surface area (Å²) >= 11 is 0. The lowest BCUT2D eigenvalue weighted by Crippen LogP contribution is -2.05. The van der Waals surface area contributed by atoms with Gasteiger partial charge < -0.3 is 15.2 Å². The zero-order chi connectivity index (χ0) is 14.5. The lowest BCUT2D eigenvalue weighted by Gasteiger charge is -2.11. The highest BCUT2D eigenvalue weighted by Crippen LogP contribution is 2.24. The maximum atomic E-state index is 13.7. The highest BCUT2D eigenvalue weighted by atomic mass is 19.1. The van der Waals surface area contributed by atoms with Gasteiger partial charge in [0.15, 0.2) is 0 Å². The summed E-state index contributed by atoms with van der Waals surface area (Å²) in [6, 6.07) is 11.0. The molecule has 4 nitrogen and oxygen atoms in total. The number of aromatic carboxylic acids is 1. The minimum absolute atomic E-state index is 0.0585. The molecule has 0 amide bonds. The fourth-order valence-corrected chi connectivity index (χ4v) is 1.82. The number of carboxylic acids is 1. The Labute approximate surface area is 115 Å². The van der Waals surface area contributed by atoms with E-state index in [2.05, 4.69) is 5.32 Å². The molecule has 20 heavy (non-hydrogen) atoms. The standard InChI is InChI=1S/C15H14FNO3/c1-20-14-5-3-2-4-13(14)17-9-11-8-10(15(18)19)6-7-12(11)16/h2-8,17H,9H2,1H3,(H,18,19). The lowest BCUT2D eigenvalue weighted by atomic mass is 10.1. The molecule has 2 aromatic rings. The van der Waals surface area contributed by atoms with Crippen molar-refractivity contribution in [2.24, 2.45) is 0 Å². The number of halogens is 1. The van der Waals surface area contributed by atoms with Crippen LogP contribution in [0.2, 0.25) is 0 Å². The summed E-state index contributed by atoms with van der Waals surface area (Å²) in [4.78, 5) is 10.9. The minimum Gasteiger partial charge on any atom is -0.495 e. The van der Waals surface area contributed by atoms with Crippen molar-refractivity contribution in [1.82, 2.24) is 0 Å². The zero-order valence-electron chi connectivity index (χ0n) is 10.9. The van der Waals surface area contributed by atoms with Crippen molar-refractivity contribution in [1.29, 1.82) is 0 Å². The summed E-state index contributed by atoms with van der Waals surface area (Å²) in [5.41, 5.74) is 1.06. The summed E-state index contributed by atoms with van der Waals surface area (Å²) in [5.74, 6) is -0.886. The van der Waals surface area contributed by atoms with Crippen LogP contribution in [0.5, 0.6) is 5.75 Å². The van der Waals surface area contributed by atoms with Crippen LogP contribution in [0.15, 0.2) is 42.5 Å². The van der Waals surface area contributed by atoms with Gasteiger partial charge in [0.05, 0.1) is 18.4 Å². The Morgan fingerprint density at radius 1 is 1.30 bits per heavy atom. The lowest BCUT2D eigenvalue weighted by molar-refractivity contribution is 0.0696. The Morgan fingerprint density at radius 2 is 2.05 bits per heavy atom. The molecule has 0 fully saturated rings. The van der Waals surface area contributed by atoms with E-state index in [0.717, 1.165) is 11.8 Å². The van der Waals surface area contributed by atoms with Gasteiger partial charge in [-0.1, -0.05) is 12.1 Å². The number of carboxylic acid groups (broad SMARTS) is 1. The Morgan fingerprint density at radius 3 is 2.75 bits per heavy atom. The van der Waals surface area contributed by atoms with Crippen LogP contribution < -0.4 is 10.1 Å². The molecular weight excluding hydrogens is 261 g/mol. The van der Waals surface area contributed by atoms with Crippen LogP contribution >= 0.6 is 0 Å². The Kier molecular flexibility index (Phi) is 4.20. The second-order valence-corrected chi connectivity index (χ2v) is 4.17. The van der Waals surface area contributed by atoms with Crippen LogP contribution in [0, 0.1) is 5.82 Å². The molecule has 0 bridgehead atoms. The molecule has 2 N–H and O–H groups in total. The second-order valence-electron chi connectivity index (χ2n) is 4.17. The van der Waals surface area contributed by atoms with Gasteiger partial charge in [-0.15, -0.1) is 0 Å². The molecule has 2 aromatic carbocycles. The molecule has 0 spiro atoms. The fourth-order valence-electron chi connectivity index (χ4n) is 1.82. The van der Waals surface area contributed by atoms with E-state index >= 15 is 0 Å². The molecule has 0 saturated heterocycles. The van der Waals surface area contributed by atoms with E-state index in [0.29, 0.717) is 5.75 Å². The largest absolute Gasteiger partial charge is 0.495 e. The third-order valence-corrected chi connectivity index (χ3v) is 2.87. The number of benzene rings is 2. The average Bonchev–Trinajstić information content (AvgIpc) is 2.46. The van der Waals surface area contributed by atoms with Gasteiger partial charge in [0, 0.05) is 12.1 Å². The van der Waals surface area contributed by atoms with E-state index in [1.807, 2.05) is 12.1 Å². The van der Waals surface area contributed by atoms with Crippen LogP contribution in [0.25, 0.3) is 0 Å². The number of hydrogen-bond donors (Lipinski definition) is 2. The number of para-hydroxylation sites is 2. The van der Waals surface area contributed by atoms with Gasteiger partial charge >= 0.3 is 5.97 Å². The van der Waals surface area contributed by atoms with Gasteiger partial charge in [0.1, 0.15) is 11.6 Å². The van der Waals surface area contributed by atoms with E-state index in [9.17, 15) is 9.18 Å². The predicted octanol–water partition coefficient (Wildman–Crippen LogP) is 3.14. The predicted molar refractivity (Wildman–Crippen MR) is 73.7 cm³/mol. The molecular formula is C15H14FNO3. The Balaban J connectivity index is 2.18. The summed E-state index contributed by atoms with van der Waals surface area (Å²) in [5, 5.41) is 11.9. The number of hydrogen-bond acceptors (Lipinski definition) is 3. The number of nitrogens with one attached hydrogen (secondary N) is 1. The van der Waals surface area contributed by atoms with Crippen LogP contribution in [-0.4, -0.2) is 18.2 Å². The first-order chi connectivity index (χ1) is 9.61. The molecule has 0 aliphatic rings. The molecule has 0 aliphatic carbocycles. The first kappa shape index (κ1) is 13.9. The molecule has 0 heterocycles. The van der Waals surface area contributed by atoms with E-state index in [1.165, 1.54) is 12.1 Å². The summed E-state index contributed by atoms with van der Waals surface area (Å²) in [6.45, 7) is 0.174. The van der Waals surface area contributed by atoms with E-state index < -0.39 is 11.8 Å². The molecule has 104 valence electrons. The number of carbonyl (C=O) groups is 1. The van der Waals surface area contributed by atoms with Gasteiger partial charge in [-0.05, 0) is 30.3 Å². The quantitative estimate of drug-likeness (QED) is 0.880. The number of rotatable bonds is 5. The molecule has 0 aromatic heterocycles. The van der Waals surface area contributed by atoms with Gasteiger partial charge in [-0.2, -0.15) is 0 Å². The smallest absolute Gasteiger partial charge is 0.335 e. The Bertz CT molecular complexity index is 628. The number of ether oxygens (including phenoxy) is 1. The highest BCUT2D eigenvalue weighted by molar-refractivity contribution is 5.87. The number of anilines is 1. The molecule has 0 saturated carbocycles. The van der Waals surface area contributed by atoms with Crippen molar-refractivity contribution in [3.05, 3.63) is 59.4 Å². The van der Waals surface area contributed by atoms with E-state index in [1.54, 1.807) is 19.2 Å². The summed E-state index contributed by atoms with van der Waals surface area (Å²) in [7, 11) is 1.55. The van der Waals surface area contributed by atoms with Crippen LogP contribution in [0.1, 0.15) is 15.9 Å². The van der Waals surface area contributed by atoms with E-state index in [-0.39, 0.29) is 17.7 Å². The maximum absolute atomic E-state index is 13.7. The highest BCUT2D eigenvalue weighted by Gasteiger charge is 2.09. The molecule has 0 atom stereocenters. The van der Waals surface area contributed by atoms with Crippen molar-refractivity contribution in [3.8, 4) is 5.75 Å².